The summed E-state index contributed by atoms with van der Waals surface area (Å²) in [4.78, 5) is 28.3. The SMILES string of the molecule is COc1ccc2c(COC(=O)Cc3coc(-c4ccccc4)n3)cc(=O)oc2c1. The molecule has 7 heteroatoms. The molecule has 4 aromatic rings. The van der Waals surface area contributed by atoms with Gasteiger partial charge < -0.3 is 18.3 Å². The van der Waals surface area contributed by atoms with Crippen LogP contribution >= 0.6 is 0 Å². The predicted molar refractivity (Wildman–Crippen MR) is 104 cm³/mol. The number of benzene rings is 2. The second-order valence-corrected chi connectivity index (χ2v) is 6.30. The van der Waals surface area contributed by atoms with Gasteiger partial charge in [0, 0.05) is 28.6 Å². The molecule has 2 aromatic heterocycles. The standard InChI is InChI=1S/C22H17NO6/c1-26-17-7-8-18-15(9-21(25)29-19(18)11-17)12-27-20(24)10-16-13-28-22(23-16)14-5-3-2-4-6-14/h2-9,11,13H,10,12H2,1H3. The number of nitrogens with zero attached hydrogens (tertiary/aromatic N) is 1. The Labute approximate surface area is 165 Å². The second kappa shape index (κ2) is 8.02. The molecule has 0 saturated carbocycles. The molecule has 0 unspecified atom stereocenters. The third-order valence-electron chi connectivity index (χ3n) is 4.32. The largest absolute Gasteiger partial charge is 0.497 e. The third kappa shape index (κ3) is 4.19. The quantitative estimate of drug-likeness (QED) is 0.365. The highest BCUT2D eigenvalue weighted by Gasteiger charge is 2.13. The summed E-state index contributed by atoms with van der Waals surface area (Å²) < 4.78 is 21.1. The first-order valence-corrected chi connectivity index (χ1v) is 8.88. The van der Waals surface area contributed by atoms with Crippen molar-refractivity contribution in [2.75, 3.05) is 7.11 Å². The molecule has 29 heavy (non-hydrogen) atoms. The Morgan fingerprint density at radius 1 is 1.10 bits per heavy atom. The maximum absolute atomic E-state index is 12.2. The number of aromatic nitrogens is 1. The molecule has 0 fully saturated rings. The molecule has 0 N–H and O–H groups in total. The number of esters is 1. The number of fused-ring (bicyclic) bond motifs is 1. The number of hydrogen-bond donors (Lipinski definition) is 0. The van der Waals surface area contributed by atoms with Gasteiger partial charge in [0.05, 0.1) is 19.2 Å². The summed E-state index contributed by atoms with van der Waals surface area (Å²) in [6.45, 7) is -0.0589. The van der Waals surface area contributed by atoms with Crippen LogP contribution in [0.1, 0.15) is 11.3 Å². The minimum atomic E-state index is -0.527. The van der Waals surface area contributed by atoms with Crippen molar-refractivity contribution in [2.45, 2.75) is 13.0 Å². The van der Waals surface area contributed by atoms with E-state index in [1.807, 2.05) is 30.3 Å². The number of ether oxygens (including phenoxy) is 2. The fourth-order valence-electron chi connectivity index (χ4n) is 2.92. The molecule has 0 atom stereocenters. The van der Waals surface area contributed by atoms with E-state index in [-0.39, 0.29) is 13.0 Å². The average Bonchev–Trinajstić information content (AvgIpc) is 3.20. The minimum Gasteiger partial charge on any atom is -0.497 e. The average molecular weight is 391 g/mol. The third-order valence-corrected chi connectivity index (χ3v) is 4.32. The zero-order valence-corrected chi connectivity index (χ0v) is 15.6. The van der Waals surface area contributed by atoms with Crippen LogP contribution in [0.25, 0.3) is 22.4 Å². The summed E-state index contributed by atoms with van der Waals surface area (Å²) in [6.07, 6.45) is 1.39. The molecule has 4 rings (SSSR count). The molecule has 0 aliphatic carbocycles. The molecule has 0 aliphatic heterocycles. The first kappa shape index (κ1) is 18.5. The van der Waals surface area contributed by atoms with E-state index in [9.17, 15) is 9.59 Å². The van der Waals surface area contributed by atoms with E-state index < -0.39 is 11.6 Å². The maximum atomic E-state index is 12.2. The van der Waals surface area contributed by atoms with Crippen LogP contribution in [0.2, 0.25) is 0 Å². The van der Waals surface area contributed by atoms with Gasteiger partial charge in [-0.05, 0) is 24.3 Å². The van der Waals surface area contributed by atoms with Crippen LogP contribution in [0.15, 0.2) is 74.5 Å². The molecule has 0 amide bonds. The number of oxazole rings is 1. The van der Waals surface area contributed by atoms with Gasteiger partial charge in [0.1, 0.15) is 24.2 Å². The van der Waals surface area contributed by atoms with Crippen LogP contribution < -0.4 is 10.4 Å². The van der Waals surface area contributed by atoms with Crippen LogP contribution in [0.5, 0.6) is 5.75 Å². The molecule has 0 aliphatic rings. The molecular weight excluding hydrogens is 374 g/mol. The van der Waals surface area contributed by atoms with E-state index in [0.717, 1.165) is 5.56 Å². The Morgan fingerprint density at radius 2 is 1.93 bits per heavy atom. The molecule has 2 aromatic carbocycles. The zero-order valence-electron chi connectivity index (χ0n) is 15.6. The van der Waals surface area contributed by atoms with E-state index in [1.54, 1.807) is 18.2 Å². The van der Waals surface area contributed by atoms with Crippen molar-refractivity contribution in [1.29, 1.82) is 0 Å². The second-order valence-electron chi connectivity index (χ2n) is 6.30. The van der Waals surface area contributed by atoms with E-state index in [2.05, 4.69) is 4.98 Å². The van der Waals surface area contributed by atoms with Gasteiger partial charge in [-0.15, -0.1) is 0 Å². The number of carbonyl (C=O) groups is 1. The monoisotopic (exact) mass is 391 g/mol. The molecule has 2 heterocycles. The Bertz CT molecular complexity index is 1210. The lowest BCUT2D eigenvalue weighted by molar-refractivity contribution is -0.144. The molecule has 0 saturated heterocycles. The van der Waals surface area contributed by atoms with Crippen LogP contribution in [-0.2, 0) is 22.6 Å². The molecule has 146 valence electrons. The number of methoxy groups -OCH3 is 1. The summed E-state index contributed by atoms with van der Waals surface area (Å²) in [6, 6.07) is 15.8. The highest BCUT2D eigenvalue weighted by molar-refractivity contribution is 5.82. The van der Waals surface area contributed by atoms with Gasteiger partial charge in [-0.2, -0.15) is 0 Å². The highest BCUT2D eigenvalue weighted by Crippen LogP contribution is 2.23. The van der Waals surface area contributed by atoms with Gasteiger partial charge in [0.2, 0.25) is 5.89 Å². The van der Waals surface area contributed by atoms with Gasteiger partial charge in [-0.25, -0.2) is 9.78 Å². The van der Waals surface area contributed by atoms with Crippen molar-refractivity contribution < 1.29 is 23.1 Å². The summed E-state index contributed by atoms with van der Waals surface area (Å²) in [5.41, 5.74) is 1.69. The fraction of sp³-hybridized carbons (Fsp3) is 0.136. The molecule has 7 nitrogen and oxygen atoms in total. The highest BCUT2D eigenvalue weighted by atomic mass is 16.5. The van der Waals surface area contributed by atoms with E-state index in [4.69, 9.17) is 18.3 Å². The van der Waals surface area contributed by atoms with Crippen LogP contribution in [-0.4, -0.2) is 18.1 Å². The van der Waals surface area contributed by atoms with Crippen LogP contribution in [0.3, 0.4) is 0 Å². The van der Waals surface area contributed by atoms with Crippen LogP contribution in [0.4, 0.5) is 0 Å². The van der Waals surface area contributed by atoms with Crippen molar-refractivity contribution in [3.63, 3.8) is 0 Å². The predicted octanol–water partition coefficient (Wildman–Crippen LogP) is 3.74. The van der Waals surface area contributed by atoms with E-state index in [0.29, 0.717) is 33.9 Å². The maximum Gasteiger partial charge on any atom is 0.336 e. The number of rotatable bonds is 6. The summed E-state index contributed by atoms with van der Waals surface area (Å²) >= 11 is 0. The Hall–Kier alpha value is -3.87. The Kier molecular flexibility index (Phi) is 5.11. The fourth-order valence-corrected chi connectivity index (χ4v) is 2.92. The Balaban J connectivity index is 1.45. The number of hydrogen-bond acceptors (Lipinski definition) is 7. The minimum absolute atomic E-state index is 0.0382. The lowest BCUT2D eigenvalue weighted by atomic mass is 10.1. The summed E-state index contributed by atoms with van der Waals surface area (Å²) in [5.74, 6) is 0.525. The van der Waals surface area contributed by atoms with Crippen molar-refractivity contribution in [3.8, 4) is 17.2 Å². The van der Waals surface area contributed by atoms with Crippen LogP contribution in [0, 0.1) is 0 Å². The van der Waals surface area contributed by atoms with Gasteiger partial charge in [-0.3, -0.25) is 4.79 Å². The van der Waals surface area contributed by atoms with Gasteiger partial charge in [0.25, 0.3) is 0 Å². The number of carbonyl (C=O) groups excluding carboxylic acids is 1. The zero-order chi connectivity index (χ0) is 20.2. The van der Waals surface area contributed by atoms with Crippen molar-refractivity contribution in [2.24, 2.45) is 0 Å². The van der Waals surface area contributed by atoms with Gasteiger partial charge in [-0.1, -0.05) is 18.2 Å². The summed E-state index contributed by atoms with van der Waals surface area (Å²) in [7, 11) is 1.53. The van der Waals surface area contributed by atoms with Crippen molar-refractivity contribution >= 4 is 16.9 Å². The van der Waals surface area contributed by atoms with E-state index >= 15 is 0 Å². The molecular formula is C22H17NO6. The Morgan fingerprint density at radius 3 is 2.72 bits per heavy atom. The van der Waals surface area contributed by atoms with Crippen molar-refractivity contribution in [1.82, 2.24) is 4.98 Å². The van der Waals surface area contributed by atoms with Gasteiger partial charge in [0.15, 0.2) is 0 Å². The topological polar surface area (TPSA) is 91.8 Å². The molecule has 0 bridgehead atoms. The van der Waals surface area contributed by atoms with Crippen molar-refractivity contribution in [3.05, 3.63) is 82.5 Å². The normalized spacial score (nSPS) is 10.8. The molecule has 0 spiro atoms. The summed E-state index contributed by atoms with van der Waals surface area (Å²) in [5, 5.41) is 0.672. The lowest BCUT2D eigenvalue weighted by Crippen LogP contribution is -2.10. The first-order chi connectivity index (χ1) is 14.1. The van der Waals surface area contributed by atoms with E-state index in [1.165, 1.54) is 19.4 Å². The first-order valence-electron chi connectivity index (χ1n) is 8.88. The molecule has 0 radical (unpaired) electrons. The van der Waals surface area contributed by atoms with Gasteiger partial charge >= 0.3 is 11.6 Å². The lowest BCUT2D eigenvalue weighted by Gasteiger charge is -2.07. The smallest absolute Gasteiger partial charge is 0.336 e.